The third-order valence-corrected chi connectivity index (χ3v) is 1.92. The Bertz CT molecular complexity index is 487. The highest BCUT2D eigenvalue weighted by Crippen LogP contribution is 2.21. The van der Waals surface area contributed by atoms with Gasteiger partial charge in [0.2, 0.25) is 0 Å². The van der Waals surface area contributed by atoms with E-state index < -0.39 is 5.97 Å². The Morgan fingerprint density at radius 3 is 2.93 bits per heavy atom. The number of aliphatic carboxylic acids is 1. The molecule has 0 radical (unpaired) electrons. The third-order valence-electron chi connectivity index (χ3n) is 1.92. The number of hydrogen-bond donors (Lipinski definition) is 2. The summed E-state index contributed by atoms with van der Waals surface area (Å²) in [5, 5.41) is 9.40. The number of furan rings is 1. The second-order valence-corrected chi connectivity index (χ2v) is 3.08. The maximum atomic E-state index is 10.4. The fraction of sp³-hybridized carbons (Fsp3) is 0.100. The summed E-state index contributed by atoms with van der Waals surface area (Å²) < 4.78 is 5.30. The van der Waals surface area contributed by atoms with Gasteiger partial charge in [0.05, 0.1) is 0 Å². The molecule has 1 aromatic carbocycles. The Labute approximate surface area is 79.9 Å². The number of fused-ring (bicyclic) bond motifs is 1. The van der Waals surface area contributed by atoms with Gasteiger partial charge < -0.3 is 15.3 Å². The maximum absolute atomic E-state index is 10.4. The normalized spacial score (nSPS) is 10.6. The average Bonchev–Trinajstić information content (AvgIpc) is 2.44. The molecule has 0 aliphatic carbocycles. The molecule has 14 heavy (non-hydrogen) atoms. The van der Waals surface area contributed by atoms with E-state index in [1.54, 1.807) is 24.3 Å². The number of rotatable bonds is 2. The van der Waals surface area contributed by atoms with E-state index in [0.29, 0.717) is 17.0 Å². The molecular formula is C10H9NO3. The van der Waals surface area contributed by atoms with Gasteiger partial charge >= 0.3 is 5.97 Å². The number of carboxylic acids is 1. The zero-order valence-corrected chi connectivity index (χ0v) is 7.36. The molecule has 1 aromatic heterocycles. The molecule has 0 unspecified atom stereocenters. The lowest BCUT2D eigenvalue weighted by molar-refractivity contribution is -0.136. The van der Waals surface area contributed by atoms with Crippen LogP contribution in [0.25, 0.3) is 11.0 Å². The zero-order valence-electron chi connectivity index (χ0n) is 7.36. The zero-order chi connectivity index (χ0) is 10.1. The minimum absolute atomic E-state index is 0.103. The largest absolute Gasteiger partial charge is 0.481 e. The molecule has 4 nitrogen and oxygen atoms in total. The van der Waals surface area contributed by atoms with E-state index in [2.05, 4.69) is 0 Å². The lowest BCUT2D eigenvalue weighted by Crippen LogP contribution is -1.97. The van der Waals surface area contributed by atoms with Gasteiger partial charge in [-0.2, -0.15) is 0 Å². The summed E-state index contributed by atoms with van der Waals surface area (Å²) in [6, 6.07) is 6.90. The first-order chi connectivity index (χ1) is 6.65. The van der Waals surface area contributed by atoms with Crippen LogP contribution in [0.2, 0.25) is 0 Å². The van der Waals surface area contributed by atoms with Crippen molar-refractivity contribution in [2.45, 2.75) is 6.42 Å². The topological polar surface area (TPSA) is 76.5 Å². The van der Waals surface area contributed by atoms with Gasteiger partial charge in [-0.05, 0) is 24.3 Å². The first-order valence-corrected chi connectivity index (χ1v) is 4.15. The fourth-order valence-corrected chi connectivity index (χ4v) is 1.35. The predicted octanol–water partition coefficient (Wildman–Crippen LogP) is 1.64. The van der Waals surface area contributed by atoms with Gasteiger partial charge in [-0.3, -0.25) is 4.79 Å². The third kappa shape index (κ3) is 1.54. The van der Waals surface area contributed by atoms with Gasteiger partial charge in [-0.1, -0.05) is 0 Å². The molecule has 0 spiro atoms. The van der Waals surface area contributed by atoms with Crippen molar-refractivity contribution >= 4 is 22.6 Å². The maximum Gasteiger partial charge on any atom is 0.311 e. The molecule has 2 aromatic rings. The van der Waals surface area contributed by atoms with Crippen LogP contribution in [0.4, 0.5) is 5.69 Å². The molecule has 0 saturated carbocycles. The van der Waals surface area contributed by atoms with Crippen LogP contribution in [0.15, 0.2) is 28.7 Å². The van der Waals surface area contributed by atoms with E-state index in [1.165, 1.54) is 0 Å². The van der Waals surface area contributed by atoms with Crippen LogP contribution < -0.4 is 5.73 Å². The van der Waals surface area contributed by atoms with Crippen LogP contribution in [0.3, 0.4) is 0 Å². The van der Waals surface area contributed by atoms with Gasteiger partial charge in [-0.25, -0.2) is 0 Å². The predicted molar refractivity (Wildman–Crippen MR) is 52.0 cm³/mol. The molecular weight excluding hydrogens is 182 g/mol. The Hall–Kier alpha value is -1.97. The van der Waals surface area contributed by atoms with E-state index in [-0.39, 0.29) is 6.42 Å². The number of hydrogen-bond acceptors (Lipinski definition) is 3. The van der Waals surface area contributed by atoms with Crippen molar-refractivity contribution in [1.29, 1.82) is 0 Å². The lowest BCUT2D eigenvalue weighted by Gasteiger charge is -1.90. The van der Waals surface area contributed by atoms with Gasteiger partial charge in [-0.15, -0.1) is 0 Å². The SMILES string of the molecule is Nc1ccc2oc(CC(=O)O)cc2c1. The van der Waals surface area contributed by atoms with Gasteiger partial charge in [0.25, 0.3) is 0 Å². The van der Waals surface area contributed by atoms with Crippen molar-refractivity contribution in [2.24, 2.45) is 0 Å². The number of anilines is 1. The number of carboxylic acid groups (broad SMARTS) is 1. The van der Waals surface area contributed by atoms with Crippen molar-refractivity contribution in [3.8, 4) is 0 Å². The summed E-state index contributed by atoms with van der Waals surface area (Å²) in [6.07, 6.45) is -0.103. The first kappa shape index (κ1) is 8.62. The lowest BCUT2D eigenvalue weighted by atomic mass is 10.2. The Kier molecular flexibility index (Phi) is 1.89. The summed E-state index contributed by atoms with van der Waals surface area (Å²) in [5.74, 6) is -0.463. The van der Waals surface area contributed by atoms with Gasteiger partial charge in [0, 0.05) is 11.1 Å². The van der Waals surface area contributed by atoms with Crippen LogP contribution in [-0.2, 0) is 11.2 Å². The smallest absolute Gasteiger partial charge is 0.311 e. The quantitative estimate of drug-likeness (QED) is 0.707. The summed E-state index contributed by atoms with van der Waals surface area (Å²) in [4.78, 5) is 10.4. The van der Waals surface area contributed by atoms with Crippen LogP contribution in [0.1, 0.15) is 5.76 Å². The minimum Gasteiger partial charge on any atom is -0.481 e. The highest BCUT2D eigenvalue weighted by atomic mass is 16.4. The Morgan fingerprint density at radius 2 is 2.21 bits per heavy atom. The van der Waals surface area contributed by atoms with Crippen LogP contribution in [0, 0.1) is 0 Å². The van der Waals surface area contributed by atoms with Gasteiger partial charge in [0.1, 0.15) is 17.8 Å². The first-order valence-electron chi connectivity index (χ1n) is 4.15. The van der Waals surface area contributed by atoms with Crippen LogP contribution >= 0.6 is 0 Å². The monoisotopic (exact) mass is 191 g/mol. The summed E-state index contributed by atoms with van der Waals surface area (Å²) in [6.45, 7) is 0. The van der Waals surface area contributed by atoms with E-state index in [0.717, 1.165) is 5.39 Å². The van der Waals surface area contributed by atoms with Crippen molar-refractivity contribution in [2.75, 3.05) is 5.73 Å². The molecule has 1 heterocycles. The number of carbonyl (C=O) groups is 1. The van der Waals surface area contributed by atoms with Crippen LogP contribution in [0.5, 0.6) is 0 Å². The van der Waals surface area contributed by atoms with Crippen molar-refractivity contribution in [3.05, 3.63) is 30.0 Å². The molecule has 0 atom stereocenters. The van der Waals surface area contributed by atoms with Crippen molar-refractivity contribution in [1.82, 2.24) is 0 Å². The number of nitrogens with two attached hydrogens (primary N) is 1. The Balaban J connectivity index is 2.46. The summed E-state index contributed by atoms with van der Waals surface area (Å²) in [7, 11) is 0. The fourth-order valence-electron chi connectivity index (χ4n) is 1.35. The standard InChI is InChI=1S/C10H9NO3/c11-7-1-2-9-6(3-7)4-8(14-9)5-10(12)13/h1-4H,5,11H2,(H,12,13). The second kappa shape index (κ2) is 3.06. The van der Waals surface area contributed by atoms with Crippen LogP contribution in [-0.4, -0.2) is 11.1 Å². The van der Waals surface area contributed by atoms with E-state index in [4.69, 9.17) is 15.3 Å². The van der Waals surface area contributed by atoms with E-state index in [1.807, 2.05) is 0 Å². The number of nitrogen functional groups attached to an aromatic ring is 1. The minimum atomic E-state index is -0.906. The molecule has 0 amide bonds. The van der Waals surface area contributed by atoms with E-state index in [9.17, 15) is 4.79 Å². The van der Waals surface area contributed by atoms with Crippen molar-refractivity contribution in [3.63, 3.8) is 0 Å². The van der Waals surface area contributed by atoms with Gasteiger partial charge in [0.15, 0.2) is 0 Å². The molecule has 72 valence electrons. The van der Waals surface area contributed by atoms with Crippen molar-refractivity contribution < 1.29 is 14.3 Å². The molecule has 3 N–H and O–H groups in total. The van der Waals surface area contributed by atoms with E-state index >= 15 is 0 Å². The average molecular weight is 191 g/mol. The second-order valence-electron chi connectivity index (χ2n) is 3.08. The highest BCUT2D eigenvalue weighted by Gasteiger charge is 2.07. The molecule has 0 aliphatic heterocycles. The highest BCUT2D eigenvalue weighted by molar-refractivity contribution is 5.82. The Morgan fingerprint density at radius 1 is 1.43 bits per heavy atom. The molecule has 2 rings (SSSR count). The number of benzene rings is 1. The molecule has 0 aliphatic rings. The summed E-state index contributed by atoms with van der Waals surface area (Å²) in [5.41, 5.74) is 6.88. The molecule has 0 saturated heterocycles. The molecule has 0 fully saturated rings. The summed E-state index contributed by atoms with van der Waals surface area (Å²) >= 11 is 0. The molecule has 0 bridgehead atoms. The molecule has 4 heteroatoms.